The molecule has 2 rings (SSSR count). The molecule has 2 unspecified atom stereocenters. The summed E-state index contributed by atoms with van der Waals surface area (Å²) in [4.78, 5) is 4.07. The standard InChI is InChI=1S/C11H19N3O2/c12-10(7-15)11-5-13-8-14(11)6-9-3-1-2-4-16-9/h5,8-10,15H,1-4,6-7,12H2. The van der Waals surface area contributed by atoms with Gasteiger partial charge in [-0.3, -0.25) is 0 Å². The van der Waals surface area contributed by atoms with Crippen molar-refractivity contribution in [2.75, 3.05) is 13.2 Å². The molecule has 2 atom stereocenters. The summed E-state index contributed by atoms with van der Waals surface area (Å²) < 4.78 is 7.65. The SMILES string of the molecule is NC(CO)c1cncn1CC1CCCCO1. The number of ether oxygens (including phenoxy) is 1. The van der Waals surface area contributed by atoms with Crippen LogP contribution in [0.25, 0.3) is 0 Å². The van der Waals surface area contributed by atoms with Crippen molar-refractivity contribution in [2.24, 2.45) is 5.73 Å². The van der Waals surface area contributed by atoms with Gasteiger partial charge in [0.1, 0.15) is 0 Å². The summed E-state index contributed by atoms with van der Waals surface area (Å²) in [6, 6.07) is -0.355. The molecule has 1 aliphatic heterocycles. The smallest absolute Gasteiger partial charge is 0.0949 e. The molecule has 0 saturated carbocycles. The number of nitrogens with two attached hydrogens (primary N) is 1. The van der Waals surface area contributed by atoms with Gasteiger partial charge in [0.2, 0.25) is 0 Å². The number of hydrogen-bond donors (Lipinski definition) is 2. The molecule has 1 fully saturated rings. The van der Waals surface area contributed by atoms with E-state index in [1.807, 2.05) is 4.57 Å². The molecule has 3 N–H and O–H groups in total. The second-order valence-electron chi connectivity index (χ2n) is 4.25. The number of rotatable bonds is 4. The summed E-state index contributed by atoms with van der Waals surface area (Å²) in [5.41, 5.74) is 6.66. The van der Waals surface area contributed by atoms with E-state index in [0.29, 0.717) is 0 Å². The molecule has 16 heavy (non-hydrogen) atoms. The molecule has 0 aromatic carbocycles. The summed E-state index contributed by atoms with van der Waals surface area (Å²) in [5, 5.41) is 9.04. The number of imidazole rings is 1. The van der Waals surface area contributed by atoms with Gasteiger partial charge in [0.05, 0.1) is 37.3 Å². The Balaban J connectivity index is 2.00. The van der Waals surface area contributed by atoms with Gasteiger partial charge in [-0.05, 0) is 19.3 Å². The summed E-state index contributed by atoms with van der Waals surface area (Å²) >= 11 is 0. The summed E-state index contributed by atoms with van der Waals surface area (Å²) in [6.45, 7) is 1.57. The Kier molecular flexibility index (Phi) is 3.93. The zero-order valence-corrected chi connectivity index (χ0v) is 9.38. The molecule has 0 radical (unpaired) electrons. The average Bonchev–Trinajstić information content (AvgIpc) is 2.77. The molecular weight excluding hydrogens is 206 g/mol. The van der Waals surface area contributed by atoms with Crippen molar-refractivity contribution in [1.82, 2.24) is 9.55 Å². The lowest BCUT2D eigenvalue weighted by atomic mass is 10.1. The van der Waals surface area contributed by atoms with E-state index in [-0.39, 0.29) is 18.8 Å². The average molecular weight is 225 g/mol. The van der Waals surface area contributed by atoms with Crippen molar-refractivity contribution >= 4 is 0 Å². The van der Waals surface area contributed by atoms with Gasteiger partial charge in [0, 0.05) is 12.8 Å². The van der Waals surface area contributed by atoms with E-state index in [1.165, 1.54) is 6.42 Å². The Morgan fingerprint density at radius 2 is 2.50 bits per heavy atom. The van der Waals surface area contributed by atoms with Gasteiger partial charge in [-0.2, -0.15) is 0 Å². The highest BCUT2D eigenvalue weighted by atomic mass is 16.5. The van der Waals surface area contributed by atoms with Crippen molar-refractivity contribution in [3.8, 4) is 0 Å². The third-order valence-corrected chi connectivity index (χ3v) is 3.00. The molecule has 1 saturated heterocycles. The van der Waals surface area contributed by atoms with Crippen molar-refractivity contribution in [3.05, 3.63) is 18.2 Å². The van der Waals surface area contributed by atoms with Crippen molar-refractivity contribution < 1.29 is 9.84 Å². The highest BCUT2D eigenvalue weighted by Gasteiger charge is 2.17. The molecule has 90 valence electrons. The van der Waals surface area contributed by atoms with E-state index in [2.05, 4.69) is 4.98 Å². The minimum Gasteiger partial charge on any atom is -0.394 e. The fraction of sp³-hybridized carbons (Fsp3) is 0.727. The van der Waals surface area contributed by atoms with E-state index < -0.39 is 0 Å². The van der Waals surface area contributed by atoms with Crippen LogP contribution in [0.3, 0.4) is 0 Å². The molecule has 0 amide bonds. The van der Waals surface area contributed by atoms with Gasteiger partial charge in [0.15, 0.2) is 0 Å². The topological polar surface area (TPSA) is 73.3 Å². The van der Waals surface area contributed by atoms with Crippen LogP contribution >= 0.6 is 0 Å². The van der Waals surface area contributed by atoms with Gasteiger partial charge >= 0.3 is 0 Å². The van der Waals surface area contributed by atoms with Gasteiger partial charge in [-0.25, -0.2) is 4.98 Å². The van der Waals surface area contributed by atoms with Crippen molar-refractivity contribution in [3.63, 3.8) is 0 Å². The summed E-state index contributed by atoms with van der Waals surface area (Å²) in [5.74, 6) is 0. The molecule has 2 heterocycles. The van der Waals surface area contributed by atoms with E-state index in [9.17, 15) is 0 Å². The van der Waals surface area contributed by atoms with Gasteiger partial charge < -0.3 is 20.1 Å². The van der Waals surface area contributed by atoms with Crippen LogP contribution in [-0.4, -0.2) is 34.0 Å². The molecule has 1 aromatic rings. The first-order valence-electron chi connectivity index (χ1n) is 5.79. The summed E-state index contributed by atoms with van der Waals surface area (Å²) in [7, 11) is 0. The lowest BCUT2D eigenvalue weighted by Crippen LogP contribution is -2.27. The molecule has 0 bridgehead atoms. The van der Waals surface area contributed by atoms with Crippen molar-refractivity contribution in [1.29, 1.82) is 0 Å². The number of nitrogens with zero attached hydrogens (tertiary/aromatic N) is 2. The fourth-order valence-electron chi connectivity index (χ4n) is 2.06. The second kappa shape index (κ2) is 5.43. The fourth-order valence-corrected chi connectivity index (χ4v) is 2.06. The van der Waals surface area contributed by atoms with Crippen LogP contribution in [0.15, 0.2) is 12.5 Å². The zero-order valence-electron chi connectivity index (χ0n) is 9.38. The molecule has 0 aliphatic carbocycles. The molecule has 0 spiro atoms. The van der Waals surface area contributed by atoms with Crippen LogP contribution in [0.4, 0.5) is 0 Å². The Labute approximate surface area is 95.2 Å². The molecule has 5 nitrogen and oxygen atoms in total. The Hall–Kier alpha value is -0.910. The minimum absolute atomic E-state index is 0.0583. The van der Waals surface area contributed by atoms with Crippen LogP contribution in [-0.2, 0) is 11.3 Å². The van der Waals surface area contributed by atoms with Gasteiger partial charge in [-0.15, -0.1) is 0 Å². The maximum Gasteiger partial charge on any atom is 0.0949 e. The quantitative estimate of drug-likeness (QED) is 0.780. The number of aliphatic hydroxyl groups is 1. The third-order valence-electron chi connectivity index (χ3n) is 3.00. The van der Waals surface area contributed by atoms with Crippen LogP contribution in [0.2, 0.25) is 0 Å². The van der Waals surface area contributed by atoms with Crippen LogP contribution in [0, 0.1) is 0 Å². The lowest BCUT2D eigenvalue weighted by molar-refractivity contribution is 0.00531. The minimum atomic E-state index is -0.355. The van der Waals surface area contributed by atoms with E-state index >= 15 is 0 Å². The van der Waals surface area contributed by atoms with E-state index in [0.717, 1.165) is 31.7 Å². The highest BCUT2D eigenvalue weighted by Crippen LogP contribution is 2.17. The van der Waals surface area contributed by atoms with Gasteiger partial charge in [-0.1, -0.05) is 0 Å². The first-order valence-corrected chi connectivity index (χ1v) is 5.79. The normalized spacial score (nSPS) is 23.2. The lowest BCUT2D eigenvalue weighted by Gasteiger charge is -2.24. The van der Waals surface area contributed by atoms with Gasteiger partial charge in [0.25, 0.3) is 0 Å². The number of aromatic nitrogens is 2. The number of aliphatic hydroxyl groups excluding tert-OH is 1. The van der Waals surface area contributed by atoms with Crippen LogP contribution in [0.5, 0.6) is 0 Å². The Morgan fingerprint density at radius 3 is 3.19 bits per heavy atom. The third kappa shape index (κ3) is 2.61. The summed E-state index contributed by atoms with van der Waals surface area (Å²) in [6.07, 6.45) is 7.19. The number of hydrogen-bond acceptors (Lipinski definition) is 4. The monoisotopic (exact) mass is 225 g/mol. The molecule has 1 aromatic heterocycles. The van der Waals surface area contributed by atoms with Crippen LogP contribution in [0.1, 0.15) is 31.0 Å². The van der Waals surface area contributed by atoms with E-state index in [4.69, 9.17) is 15.6 Å². The maximum absolute atomic E-state index is 9.04. The molecule has 1 aliphatic rings. The largest absolute Gasteiger partial charge is 0.394 e. The molecule has 5 heteroatoms. The first-order chi connectivity index (χ1) is 7.81. The Morgan fingerprint density at radius 1 is 1.62 bits per heavy atom. The second-order valence-corrected chi connectivity index (χ2v) is 4.25. The molecular formula is C11H19N3O2. The van der Waals surface area contributed by atoms with Crippen LogP contribution < -0.4 is 5.73 Å². The Bertz CT molecular complexity index is 321. The van der Waals surface area contributed by atoms with Crippen molar-refractivity contribution in [2.45, 2.75) is 38.0 Å². The highest BCUT2D eigenvalue weighted by molar-refractivity contribution is 5.04. The predicted octanol–water partition coefficient (Wildman–Crippen LogP) is 0.444. The first kappa shape index (κ1) is 11.6. The maximum atomic E-state index is 9.04. The van der Waals surface area contributed by atoms with E-state index in [1.54, 1.807) is 12.5 Å². The zero-order chi connectivity index (χ0) is 11.4. The predicted molar refractivity (Wildman–Crippen MR) is 59.8 cm³/mol.